The number of benzene rings is 3. The molecule has 1 atom stereocenters. The fourth-order valence-electron chi connectivity index (χ4n) is 5.16. The van der Waals surface area contributed by atoms with E-state index in [2.05, 4.69) is 10.3 Å². The zero-order chi connectivity index (χ0) is 26.1. The highest BCUT2D eigenvalue weighted by molar-refractivity contribution is 5.88. The first-order valence-electron chi connectivity index (χ1n) is 12.2. The molecule has 3 N–H and O–H groups in total. The number of amides is 1. The Morgan fingerprint density at radius 3 is 2.54 bits per heavy atom. The lowest BCUT2D eigenvalue weighted by atomic mass is 9.85. The van der Waals surface area contributed by atoms with Crippen molar-refractivity contribution < 1.29 is 14.6 Å². The van der Waals surface area contributed by atoms with Crippen LogP contribution in [0.3, 0.4) is 0 Å². The second-order valence-corrected chi connectivity index (χ2v) is 9.15. The van der Waals surface area contributed by atoms with Gasteiger partial charge in [0.2, 0.25) is 5.91 Å². The van der Waals surface area contributed by atoms with Crippen LogP contribution in [0.1, 0.15) is 35.2 Å². The van der Waals surface area contributed by atoms with Gasteiger partial charge < -0.3 is 24.7 Å². The van der Waals surface area contributed by atoms with Crippen LogP contribution in [0.5, 0.6) is 11.5 Å². The number of nitrogens with zero attached hydrogens (tertiary/aromatic N) is 1. The molecule has 0 bridgehead atoms. The van der Waals surface area contributed by atoms with Gasteiger partial charge in [0.05, 0.1) is 24.1 Å². The summed E-state index contributed by atoms with van der Waals surface area (Å²) in [5.74, 6) is -0.113. The lowest BCUT2D eigenvalue weighted by Gasteiger charge is -2.22. The number of nitrogens with one attached hydrogen (secondary N) is 2. The van der Waals surface area contributed by atoms with Gasteiger partial charge in [-0.25, -0.2) is 0 Å². The first-order chi connectivity index (χ1) is 17.9. The molecule has 37 heavy (non-hydrogen) atoms. The number of pyridine rings is 1. The number of aromatic amines is 1. The van der Waals surface area contributed by atoms with Crippen LogP contribution in [0.25, 0.3) is 21.8 Å². The molecule has 0 spiro atoms. The second kappa shape index (κ2) is 9.85. The van der Waals surface area contributed by atoms with E-state index >= 15 is 0 Å². The summed E-state index contributed by atoms with van der Waals surface area (Å²) in [5.41, 5.74) is 4.14. The number of methoxy groups -OCH3 is 1. The molecule has 0 radical (unpaired) electrons. The molecule has 1 unspecified atom stereocenters. The highest BCUT2D eigenvalue weighted by Gasteiger charge is 2.30. The summed E-state index contributed by atoms with van der Waals surface area (Å²) in [6, 6.07) is 22.8. The normalized spacial score (nSPS) is 12.1. The van der Waals surface area contributed by atoms with E-state index in [1.165, 1.54) is 6.92 Å². The number of aromatic hydroxyl groups is 1. The zero-order valence-corrected chi connectivity index (χ0v) is 21.0. The van der Waals surface area contributed by atoms with Crippen LogP contribution < -0.4 is 15.6 Å². The Morgan fingerprint density at radius 2 is 1.78 bits per heavy atom. The fourth-order valence-corrected chi connectivity index (χ4v) is 5.16. The number of aryl methyl sites for hydroxylation is 1. The Labute approximate surface area is 214 Å². The van der Waals surface area contributed by atoms with Crippen molar-refractivity contribution in [2.24, 2.45) is 7.05 Å². The van der Waals surface area contributed by atoms with Crippen molar-refractivity contribution in [1.29, 1.82) is 0 Å². The highest BCUT2D eigenvalue weighted by atomic mass is 16.5. The minimum absolute atomic E-state index is 0.0435. The fraction of sp³-hybridized carbons (Fsp3) is 0.200. The third-order valence-electron chi connectivity index (χ3n) is 6.91. The summed E-state index contributed by atoms with van der Waals surface area (Å²) in [4.78, 5) is 29.0. The third kappa shape index (κ3) is 4.33. The average Bonchev–Trinajstić information content (AvgIpc) is 3.27. The van der Waals surface area contributed by atoms with E-state index in [1.54, 1.807) is 18.7 Å². The first kappa shape index (κ1) is 24.2. The SMILES string of the molecule is COc1cccc(C(c2[nH]c3ccccc3c2CCNC(C)=O)c2c(O)c3ccccc3n(C)c2=O)c1. The summed E-state index contributed by atoms with van der Waals surface area (Å²) < 4.78 is 7.09. The van der Waals surface area contributed by atoms with Crippen molar-refractivity contribution in [3.63, 3.8) is 0 Å². The number of aromatic nitrogens is 2. The van der Waals surface area contributed by atoms with Crippen molar-refractivity contribution in [2.45, 2.75) is 19.3 Å². The highest BCUT2D eigenvalue weighted by Crippen LogP contribution is 2.41. The molecule has 0 saturated carbocycles. The lowest BCUT2D eigenvalue weighted by molar-refractivity contribution is -0.118. The molecule has 5 rings (SSSR count). The number of hydrogen-bond acceptors (Lipinski definition) is 4. The Hall–Kier alpha value is -4.52. The lowest BCUT2D eigenvalue weighted by Crippen LogP contribution is -2.26. The standard InChI is InChI=1S/C30H29N3O4/c1-18(34)31-16-15-22-21-11-4-6-13-24(21)32-28(22)26(19-9-8-10-20(17-19)37-3)27-29(35)23-12-5-7-14-25(23)33(2)30(27)36/h4-14,17,26,32,35H,15-16H2,1-3H3,(H,31,34). The van der Waals surface area contributed by atoms with E-state index < -0.39 is 5.92 Å². The van der Waals surface area contributed by atoms with Gasteiger partial charge in [0.25, 0.3) is 5.56 Å². The predicted molar refractivity (Wildman–Crippen MR) is 145 cm³/mol. The van der Waals surface area contributed by atoms with Crippen LogP contribution in [-0.4, -0.2) is 34.2 Å². The van der Waals surface area contributed by atoms with Crippen molar-refractivity contribution in [3.8, 4) is 11.5 Å². The molecule has 2 aromatic heterocycles. The van der Waals surface area contributed by atoms with E-state index in [-0.39, 0.29) is 22.8 Å². The van der Waals surface area contributed by atoms with Crippen LogP contribution in [-0.2, 0) is 18.3 Å². The van der Waals surface area contributed by atoms with Gasteiger partial charge in [-0.3, -0.25) is 9.59 Å². The van der Waals surface area contributed by atoms with Gasteiger partial charge in [0.1, 0.15) is 11.5 Å². The minimum Gasteiger partial charge on any atom is -0.507 e. The summed E-state index contributed by atoms with van der Waals surface area (Å²) >= 11 is 0. The molecule has 0 aliphatic carbocycles. The summed E-state index contributed by atoms with van der Waals surface area (Å²) in [6.45, 7) is 1.93. The number of hydrogen-bond donors (Lipinski definition) is 3. The van der Waals surface area contributed by atoms with E-state index in [9.17, 15) is 14.7 Å². The van der Waals surface area contributed by atoms with Gasteiger partial charge in [-0.1, -0.05) is 42.5 Å². The Bertz CT molecular complexity index is 1680. The molecule has 3 aromatic carbocycles. The molecule has 7 heteroatoms. The Kier molecular flexibility index (Phi) is 6.44. The molecule has 1 amide bonds. The number of H-pyrrole nitrogens is 1. The van der Waals surface area contributed by atoms with E-state index in [1.807, 2.05) is 72.8 Å². The maximum absolute atomic E-state index is 13.9. The van der Waals surface area contributed by atoms with Crippen molar-refractivity contribution >= 4 is 27.7 Å². The van der Waals surface area contributed by atoms with E-state index in [0.717, 1.165) is 27.7 Å². The number of rotatable bonds is 7. The van der Waals surface area contributed by atoms with Gasteiger partial charge in [0.15, 0.2) is 0 Å². The number of para-hydroxylation sites is 2. The van der Waals surface area contributed by atoms with Crippen LogP contribution in [0.4, 0.5) is 0 Å². The molecular weight excluding hydrogens is 466 g/mol. The summed E-state index contributed by atoms with van der Waals surface area (Å²) in [5, 5.41) is 16.1. The number of fused-ring (bicyclic) bond motifs is 2. The topological polar surface area (TPSA) is 96.3 Å². The molecule has 188 valence electrons. The van der Waals surface area contributed by atoms with Crippen LogP contribution in [0, 0.1) is 0 Å². The van der Waals surface area contributed by atoms with E-state index in [0.29, 0.717) is 29.6 Å². The molecule has 5 aromatic rings. The van der Waals surface area contributed by atoms with E-state index in [4.69, 9.17) is 4.74 Å². The molecule has 0 aliphatic rings. The summed E-state index contributed by atoms with van der Waals surface area (Å²) in [6.07, 6.45) is 0.550. The molecular formula is C30H29N3O4. The van der Waals surface area contributed by atoms with Crippen LogP contribution >= 0.6 is 0 Å². The molecule has 0 fully saturated rings. The van der Waals surface area contributed by atoms with Gasteiger partial charge in [-0.2, -0.15) is 0 Å². The largest absolute Gasteiger partial charge is 0.507 e. The molecule has 0 saturated heterocycles. The average molecular weight is 496 g/mol. The molecule has 7 nitrogen and oxygen atoms in total. The monoisotopic (exact) mass is 495 g/mol. The quantitative estimate of drug-likeness (QED) is 0.308. The Morgan fingerprint density at radius 1 is 1.05 bits per heavy atom. The van der Waals surface area contributed by atoms with Crippen LogP contribution in [0.15, 0.2) is 77.6 Å². The third-order valence-corrected chi connectivity index (χ3v) is 6.91. The predicted octanol–water partition coefficient (Wildman–Crippen LogP) is 4.59. The zero-order valence-electron chi connectivity index (χ0n) is 21.0. The van der Waals surface area contributed by atoms with Crippen molar-refractivity contribution in [1.82, 2.24) is 14.9 Å². The van der Waals surface area contributed by atoms with Crippen molar-refractivity contribution in [2.75, 3.05) is 13.7 Å². The second-order valence-electron chi connectivity index (χ2n) is 9.15. The maximum Gasteiger partial charge on any atom is 0.258 e. The number of carbonyl (C=O) groups is 1. The maximum atomic E-state index is 13.9. The number of carbonyl (C=O) groups excluding carboxylic acids is 1. The molecule has 0 aliphatic heterocycles. The van der Waals surface area contributed by atoms with Crippen molar-refractivity contribution in [3.05, 3.63) is 106 Å². The van der Waals surface area contributed by atoms with Gasteiger partial charge in [-0.05, 0) is 47.9 Å². The first-order valence-corrected chi connectivity index (χ1v) is 12.2. The van der Waals surface area contributed by atoms with Crippen LogP contribution in [0.2, 0.25) is 0 Å². The summed E-state index contributed by atoms with van der Waals surface area (Å²) in [7, 11) is 3.32. The Balaban J connectivity index is 1.84. The van der Waals surface area contributed by atoms with Gasteiger partial charge in [-0.15, -0.1) is 0 Å². The smallest absolute Gasteiger partial charge is 0.258 e. The molecule has 2 heterocycles. The van der Waals surface area contributed by atoms with Gasteiger partial charge in [0, 0.05) is 42.5 Å². The number of ether oxygens (including phenoxy) is 1. The van der Waals surface area contributed by atoms with Gasteiger partial charge >= 0.3 is 0 Å². The minimum atomic E-state index is -0.613.